The summed E-state index contributed by atoms with van der Waals surface area (Å²) in [5.41, 5.74) is 5.97. The molecule has 2 saturated carbocycles. The first kappa shape index (κ1) is 29.8. The van der Waals surface area contributed by atoms with Gasteiger partial charge in [-0.3, -0.25) is 14.4 Å². The molecule has 41 heavy (non-hydrogen) atoms. The Morgan fingerprint density at radius 3 is 2.46 bits per heavy atom. The van der Waals surface area contributed by atoms with Gasteiger partial charge in [-0.2, -0.15) is 0 Å². The molecule has 0 amide bonds. The van der Waals surface area contributed by atoms with Gasteiger partial charge in [0.1, 0.15) is 11.9 Å². The zero-order valence-corrected chi connectivity index (χ0v) is 25.3. The predicted octanol–water partition coefficient (Wildman–Crippen LogP) is 6.32. The normalized spacial score (nSPS) is 30.7. The molecule has 0 aromatic heterocycles. The first-order valence-electron chi connectivity index (χ1n) is 15.7. The number of carbonyl (C=O) groups excluding carboxylic acids is 3. The second kappa shape index (κ2) is 12.2. The summed E-state index contributed by atoms with van der Waals surface area (Å²) >= 11 is 0. The van der Waals surface area contributed by atoms with Crippen LogP contribution in [0.25, 0.3) is 0 Å². The van der Waals surface area contributed by atoms with Gasteiger partial charge < -0.3 is 14.7 Å². The van der Waals surface area contributed by atoms with Crippen molar-refractivity contribution in [1.82, 2.24) is 0 Å². The number of benzene rings is 1. The number of rotatable bonds is 10. The molecule has 222 valence electrons. The van der Waals surface area contributed by atoms with Gasteiger partial charge >= 0.3 is 5.97 Å². The molecule has 0 spiro atoms. The number of aliphatic hydroxyl groups is 1. The number of fused-ring (bicyclic) bond motifs is 4. The molecule has 6 atom stereocenters. The van der Waals surface area contributed by atoms with Crippen molar-refractivity contribution in [3.8, 4) is 0 Å². The third kappa shape index (κ3) is 5.82. The number of carbonyl (C=O) groups is 3. The van der Waals surface area contributed by atoms with E-state index in [1.807, 2.05) is 0 Å². The molecule has 5 rings (SSSR count). The lowest BCUT2D eigenvalue weighted by atomic mass is 9.51. The number of ether oxygens (including phenoxy) is 1. The number of hydrogen-bond donors (Lipinski definition) is 1. The van der Waals surface area contributed by atoms with Crippen molar-refractivity contribution >= 4 is 23.2 Å². The van der Waals surface area contributed by atoms with E-state index in [9.17, 15) is 14.4 Å². The molecule has 0 bridgehead atoms. The van der Waals surface area contributed by atoms with E-state index < -0.39 is 0 Å². The number of allylic oxidation sites excluding steroid dienone is 2. The Morgan fingerprint density at radius 2 is 1.78 bits per heavy atom. The highest BCUT2D eigenvalue weighted by Gasteiger charge is 2.60. The van der Waals surface area contributed by atoms with Gasteiger partial charge in [-0.1, -0.05) is 37.5 Å². The van der Waals surface area contributed by atoms with Crippen LogP contribution in [0.3, 0.4) is 0 Å². The Kier molecular flexibility index (Phi) is 8.89. The van der Waals surface area contributed by atoms with Gasteiger partial charge in [0.2, 0.25) is 0 Å². The smallest absolute Gasteiger partial charge is 0.302 e. The molecule has 4 aliphatic carbocycles. The molecule has 4 aliphatic rings. The van der Waals surface area contributed by atoms with Gasteiger partial charge in [-0.05, 0) is 91.7 Å². The average molecular weight is 562 g/mol. The van der Waals surface area contributed by atoms with Crippen LogP contribution >= 0.6 is 0 Å². The largest absolute Gasteiger partial charge is 0.462 e. The lowest BCUT2D eigenvalue weighted by molar-refractivity contribution is -0.152. The fraction of sp³-hybridized carbons (Fsp3) is 0.629. The molecule has 6 nitrogen and oxygen atoms in total. The number of anilines is 1. The maximum absolute atomic E-state index is 12.9. The van der Waals surface area contributed by atoms with Crippen molar-refractivity contribution < 1.29 is 24.2 Å². The van der Waals surface area contributed by atoms with E-state index >= 15 is 0 Å². The lowest BCUT2D eigenvalue weighted by Crippen LogP contribution is -2.50. The minimum Gasteiger partial charge on any atom is -0.462 e. The Balaban J connectivity index is 1.52. The maximum Gasteiger partial charge on any atom is 0.302 e. The van der Waals surface area contributed by atoms with Gasteiger partial charge in [0.05, 0.1) is 0 Å². The Bertz CT molecular complexity index is 1230. The van der Waals surface area contributed by atoms with Crippen molar-refractivity contribution in [3.05, 3.63) is 52.6 Å². The van der Waals surface area contributed by atoms with Crippen LogP contribution in [0.4, 0.5) is 5.69 Å². The summed E-state index contributed by atoms with van der Waals surface area (Å²) in [6, 6.07) is 8.92. The third-order valence-electron chi connectivity index (χ3n) is 10.7. The quantitative estimate of drug-likeness (QED) is 0.266. The zero-order chi connectivity index (χ0) is 29.3. The fourth-order valence-corrected chi connectivity index (χ4v) is 8.83. The molecule has 2 fully saturated rings. The number of nitrogens with zero attached hydrogens (tertiary/aromatic N) is 1. The highest BCUT2D eigenvalue weighted by Crippen LogP contribution is 2.66. The number of hydrogen-bond acceptors (Lipinski definition) is 6. The number of Topliss-reactive ketones (excluding diaryl/α,β-unsaturated/α-hetero) is 1. The van der Waals surface area contributed by atoms with E-state index in [1.165, 1.54) is 29.3 Å². The molecule has 0 aliphatic heterocycles. The number of aliphatic hydroxyl groups excluding tert-OH is 1. The Hall–Kier alpha value is -2.73. The van der Waals surface area contributed by atoms with Gasteiger partial charge in [-0.15, -0.1) is 0 Å². The first-order chi connectivity index (χ1) is 19.6. The molecular weight excluding hydrogens is 514 g/mol. The molecule has 0 saturated heterocycles. The summed E-state index contributed by atoms with van der Waals surface area (Å²) < 4.78 is 6.06. The highest BCUT2D eigenvalue weighted by atomic mass is 16.5. The van der Waals surface area contributed by atoms with Crippen LogP contribution in [-0.4, -0.2) is 48.9 Å². The van der Waals surface area contributed by atoms with Crippen LogP contribution in [0.1, 0.15) is 96.5 Å². The molecule has 1 aromatic carbocycles. The molecule has 1 aromatic rings. The van der Waals surface area contributed by atoms with Crippen LogP contribution in [0.2, 0.25) is 0 Å². The minimum atomic E-state index is -0.308. The van der Waals surface area contributed by atoms with Gasteiger partial charge in [0.25, 0.3) is 0 Å². The SMILES string of the molecule is CC(=O)OC1CC2=CC(=O)CCC2=C2[C@@H](c3ccc(N(C)CCCCCCO)cc3)C[C@]3(C)[C@H](C(C)=O)CC[C@H]3[C@@H]21. The van der Waals surface area contributed by atoms with Crippen LogP contribution in [0.15, 0.2) is 47.1 Å². The summed E-state index contributed by atoms with van der Waals surface area (Å²) in [5, 5.41) is 9.02. The molecule has 1 N–H and O–H groups in total. The Morgan fingerprint density at radius 1 is 1.05 bits per heavy atom. The van der Waals surface area contributed by atoms with E-state index in [1.54, 1.807) is 13.0 Å². The minimum absolute atomic E-state index is 0.0145. The van der Waals surface area contributed by atoms with Crippen LogP contribution in [0, 0.1) is 23.2 Å². The maximum atomic E-state index is 12.9. The van der Waals surface area contributed by atoms with E-state index in [2.05, 4.69) is 43.1 Å². The number of esters is 1. The lowest BCUT2D eigenvalue weighted by Gasteiger charge is -2.54. The standard InChI is InChI=1S/C35H47NO5/c1-22(38)30-15-16-31-34-32(41-23(2)39)20-25-19-27(40)13-14-28(25)33(34)29(21-35(30,31)3)24-9-11-26(12-10-24)36(4)17-7-5-6-8-18-37/h9-12,19,29-32,34,37H,5-8,13-18,20-21H2,1-4H3/t29-,30+,31+,32?,34-,35-/m1/s1. The highest BCUT2D eigenvalue weighted by molar-refractivity contribution is 5.93. The zero-order valence-electron chi connectivity index (χ0n) is 25.3. The van der Waals surface area contributed by atoms with Crippen molar-refractivity contribution in [3.63, 3.8) is 0 Å². The monoisotopic (exact) mass is 561 g/mol. The van der Waals surface area contributed by atoms with Gasteiger partial charge in [0, 0.05) is 63.4 Å². The fourth-order valence-electron chi connectivity index (χ4n) is 8.83. The van der Waals surface area contributed by atoms with E-state index in [-0.39, 0.29) is 59.3 Å². The van der Waals surface area contributed by atoms with Crippen molar-refractivity contribution in [2.75, 3.05) is 25.1 Å². The summed E-state index contributed by atoms with van der Waals surface area (Å²) in [7, 11) is 2.13. The van der Waals surface area contributed by atoms with Gasteiger partial charge in [-0.25, -0.2) is 0 Å². The average Bonchev–Trinajstić information content (AvgIpc) is 3.29. The predicted molar refractivity (Wildman–Crippen MR) is 161 cm³/mol. The second-order valence-corrected chi connectivity index (χ2v) is 13.2. The number of unbranched alkanes of at least 4 members (excludes halogenated alkanes) is 3. The second-order valence-electron chi connectivity index (χ2n) is 13.2. The Labute approximate surface area is 245 Å². The van der Waals surface area contributed by atoms with Crippen molar-refractivity contribution in [2.45, 2.75) is 97.0 Å². The summed E-state index contributed by atoms with van der Waals surface area (Å²) in [6.07, 6.45) is 10.2. The summed E-state index contributed by atoms with van der Waals surface area (Å²) in [5.74, 6) is 0.606. The van der Waals surface area contributed by atoms with E-state index in [4.69, 9.17) is 9.84 Å². The van der Waals surface area contributed by atoms with Crippen LogP contribution < -0.4 is 4.90 Å². The topological polar surface area (TPSA) is 83.9 Å². The van der Waals surface area contributed by atoms with E-state index in [0.717, 1.165) is 63.5 Å². The summed E-state index contributed by atoms with van der Waals surface area (Å²) in [6.45, 7) is 6.77. The van der Waals surface area contributed by atoms with Crippen molar-refractivity contribution in [1.29, 1.82) is 0 Å². The van der Waals surface area contributed by atoms with Crippen LogP contribution in [-0.2, 0) is 19.1 Å². The third-order valence-corrected chi connectivity index (χ3v) is 10.7. The summed E-state index contributed by atoms with van der Waals surface area (Å²) in [4.78, 5) is 40.0. The molecule has 1 unspecified atom stereocenters. The van der Waals surface area contributed by atoms with Crippen LogP contribution in [0.5, 0.6) is 0 Å². The molecule has 0 radical (unpaired) electrons. The van der Waals surface area contributed by atoms with Crippen molar-refractivity contribution in [2.24, 2.45) is 23.2 Å². The number of ketones is 2. The van der Waals surface area contributed by atoms with E-state index in [0.29, 0.717) is 12.8 Å². The molecule has 0 heterocycles. The molecule has 6 heteroatoms. The van der Waals surface area contributed by atoms with Gasteiger partial charge in [0.15, 0.2) is 5.78 Å². The molecular formula is C35H47NO5. The first-order valence-corrected chi connectivity index (χ1v) is 15.7.